The third kappa shape index (κ3) is 5.93. The van der Waals surface area contributed by atoms with E-state index in [1.807, 2.05) is 0 Å². The first-order valence-electron chi connectivity index (χ1n) is 9.94. The van der Waals surface area contributed by atoms with Crippen LogP contribution in [0, 0.1) is 0 Å². The van der Waals surface area contributed by atoms with Crippen LogP contribution < -0.4 is 10.6 Å². The molecule has 2 heterocycles. The largest absolute Gasteiger partial charge is 0.445 e. The van der Waals surface area contributed by atoms with Crippen LogP contribution in [0.1, 0.15) is 25.7 Å². The number of piperidine rings is 1. The maximum atomic E-state index is 12.7. The minimum absolute atomic E-state index is 0.0206. The summed E-state index contributed by atoms with van der Waals surface area (Å²) in [6.07, 6.45) is 4.24. The van der Waals surface area contributed by atoms with Crippen LogP contribution in [-0.4, -0.2) is 58.9 Å². The topological polar surface area (TPSA) is 91.0 Å². The van der Waals surface area contributed by atoms with E-state index in [2.05, 4.69) is 17.2 Å². The number of nitrogens with zero attached hydrogens (tertiary/aromatic N) is 2. The summed E-state index contributed by atoms with van der Waals surface area (Å²) in [5.41, 5.74) is 0.531. The molecular weight excluding hydrogens is 459 g/mol. The number of amides is 4. The fraction of sp³-hybridized carbons (Fsp3) is 0.450. The highest BCUT2D eigenvalue weighted by Crippen LogP contribution is 2.39. The van der Waals surface area contributed by atoms with E-state index in [1.54, 1.807) is 39.9 Å². The third-order valence-corrected chi connectivity index (χ3v) is 6.90. The molecule has 0 aliphatic carbocycles. The highest BCUT2D eigenvalue weighted by atomic mass is 35.5. The standard InChI is InChI=1S/C20H24ClN4O4PS/c1-2-8-29-20(28)24-15-6-7-16(24)11-17(10-15)25(30-31)18(26)12-22-19(27)23-14-5-3-4-13(21)9-14/h2-5,9,15-17H,1,6-8,10-12H2,(H2,22,23,27)/t15-,16+,17+. The third-order valence-electron chi connectivity index (χ3n) is 5.42. The molecular formula is C20H24ClN4O4PS. The van der Waals surface area contributed by atoms with Gasteiger partial charge in [-0.3, -0.25) is 9.46 Å². The Bertz CT molecular complexity index is 859. The van der Waals surface area contributed by atoms with Crippen molar-refractivity contribution in [2.75, 3.05) is 18.5 Å². The number of hydrogen-bond acceptors (Lipinski definition) is 5. The van der Waals surface area contributed by atoms with Gasteiger partial charge in [0.1, 0.15) is 6.61 Å². The number of rotatable bonds is 7. The first kappa shape index (κ1) is 23.4. The Hall–Kier alpha value is -2.22. The zero-order valence-electron chi connectivity index (χ0n) is 16.8. The summed E-state index contributed by atoms with van der Waals surface area (Å²) in [4.78, 5) is 39.0. The van der Waals surface area contributed by atoms with Crippen LogP contribution in [0.2, 0.25) is 5.02 Å². The Morgan fingerprint density at radius 3 is 2.65 bits per heavy atom. The Morgan fingerprint density at radius 1 is 1.32 bits per heavy atom. The van der Waals surface area contributed by atoms with E-state index in [9.17, 15) is 14.4 Å². The molecule has 4 amide bonds. The molecule has 11 heteroatoms. The number of hydrogen-bond donors (Lipinski definition) is 2. The van der Waals surface area contributed by atoms with Gasteiger partial charge in [-0.2, -0.15) is 0 Å². The van der Waals surface area contributed by atoms with E-state index in [1.165, 1.54) is 0 Å². The predicted octanol–water partition coefficient (Wildman–Crippen LogP) is 3.93. The van der Waals surface area contributed by atoms with Gasteiger partial charge in [0, 0.05) is 28.8 Å². The zero-order valence-corrected chi connectivity index (χ0v) is 19.3. The summed E-state index contributed by atoms with van der Waals surface area (Å²) in [6, 6.07) is 6.19. The average Bonchev–Trinajstić information content (AvgIpc) is 3.01. The molecule has 0 radical (unpaired) electrons. The maximum absolute atomic E-state index is 12.7. The maximum Gasteiger partial charge on any atom is 0.410 e. The summed E-state index contributed by atoms with van der Waals surface area (Å²) < 4.78 is 6.80. The van der Waals surface area contributed by atoms with Crippen LogP contribution in [0.15, 0.2) is 36.9 Å². The molecule has 3 rings (SSSR count). The van der Waals surface area contributed by atoms with Crippen molar-refractivity contribution in [3.05, 3.63) is 41.9 Å². The SMILES string of the molecule is C=CCOC(=O)N1[C@@H]2CC[C@H]1C[C@@H](N(P=S)C(=O)CNC(=O)Nc1cccc(Cl)c1)C2. The lowest BCUT2D eigenvalue weighted by Gasteiger charge is -2.40. The Balaban J connectivity index is 1.53. The van der Waals surface area contributed by atoms with Gasteiger partial charge in [0.2, 0.25) is 5.91 Å². The number of carbonyl (C=O) groups is 3. The molecule has 1 aromatic carbocycles. The van der Waals surface area contributed by atoms with Gasteiger partial charge in [-0.25, -0.2) is 9.59 Å². The zero-order chi connectivity index (χ0) is 22.4. The smallest absolute Gasteiger partial charge is 0.410 e. The molecule has 0 saturated carbocycles. The second-order valence-electron chi connectivity index (χ2n) is 7.42. The van der Waals surface area contributed by atoms with Gasteiger partial charge < -0.3 is 20.3 Å². The molecule has 3 atom stereocenters. The molecule has 2 bridgehead atoms. The highest BCUT2D eigenvalue weighted by Gasteiger charge is 2.46. The van der Waals surface area contributed by atoms with Gasteiger partial charge in [-0.1, -0.05) is 30.3 Å². The number of ether oxygens (including phenoxy) is 1. The van der Waals surface area contributed by atoms with Crippen LogP contribution in [0.5, 0.6) is 0 Å². The molecule has 2 aliphatic heterocycles. The monoisotopic (exact) mass is 482 g/mol. The number of benzene rings is 1. The van der Waals surface area contributed by atoms with Crippen LogP contribution in [0.3, 0.4) is 0 Å². The molecule has 2 fully saturated rings. The second kappa shape index (κ2) is 10.9. The molecule has 2 aliphatic rings. The van der Waals surface area contributed by atoms with Crippen molar-refractivity contribution in [2.24, 2.45) is 0 Å². The molecule has 31 heavy (non-hydrogen) atoms. The average molecular weight is 483 g/mol. The van der Waals surface area contributed by atoms with E-state index >= 15 is 0 Å². The number of nitrogens with one attached hydrogen (secondary N) is 2. The van der Waals surface area contributed by atoms with Crippen LogP contribution in [0.4, 0.5) is 15.3 Å². The van der Waals surface area contributed by atoms with E-state index in [0.717, 1.165) is 12.8 Å². The van der Waals surface area contributed by atoms with Gasteiger partial charge in [-0.15, -0.1) is 0 Å². The number of anilines is 1. The summed E-state index contributed by atoms with van der Waals surface area (Å²) in [5.74, 6) is -0.259. The summed E-state index contributed by atoms with van der Waals surface area (Å²) in [6.45, 7) is 3.56. The molecule has 0 aromatic heterocycles. The van der Waals surface area contributed by atoms with Crippen molar-refractivity contribution in [1.82, 2.24) is 14.9 Å². The number of urea groups is 1. The number of fused-ring (bicyclic) bond motifs is 2. The molecule has 2 saturated heterocycles. The minimum atomic E-state index is -0.503. The summed E-state index contributed by atoms with van der Waals surface area (Å²) >= 11 is 11.1. The Morgan fingerprint density at radius 2 is 2.03 bits per heavy atom. The van der Waals surface area contributed by atoms with Crippen molar-refractivity contribution >= 4 is 54.6 Å². The molecule has 8 nitrogen and oxygen atoms in total. The molecule has 0 unspecified atom stereocenters. The highest BCUT2D eigenvalue weighted by molar-refractivity contribution is 7.95. The van der Waals surface area contributed by atoms with Crippen LogP contribution in [0.25, 0.3) is 0 Å². The quantitative estimate of drug-likeness (QED) is 0.454. The van der Waals surface area contributed by atoms with Crippen LogP contribution >= 0.6 is 19.1 Å². The summed E-state index contributed by atoms with van der Waals surface area (Å²) in [5, 5.41) is 5.70. The number of halogens is 1. The van der Waals surface area contributed by atoms with Gasteiger partial charge in [0.25, 0.3) is 0 Å². The normalized spacial score (nSPS) is 22.0. The first-order valence-corrected chi connectivity index (χ1v) is 12.2. The lowest BCUT2D eigenvalue weighted by Crippen LogP contribution is -2.52. The summed E-state index contributed by atoms with van der Waals surface area (Å²) in [7, 11) is 0.393. The van der Waals surface area contributed by atoms with Crippen molar-refractivity contribution in [3.63, 3.8) is 0 Å². The first-order chi connectivity index (χ1) is 14.9. The Labute approximate surface area is 192 Å². The fourth-order valence-electron chi connectivity index (χ4n) is 4.15. The second-order valence-corrected chi connectivity index (χ2v) is 8.94. The van der Waals surface area contributed by atoms with Gasteiger partial charge in [0.05, 0.1) is 14.1 Å². The van der Waals surface area contributed by atoms with Gasteiger partial charge in [0.15, 0.2) is 0 Å². The minimum Gasteiger partial charge on any atom is -0.445 e. The molecule has 166 valence electrons. The lowest BCUT2D eigenvalue weighted by molar-refractivity contribution is -0.127. The Kier molecular flexibility index (Phi) is 8.23. The van der Waals surface area contributed by atoms with E-state index in [-0.39, 0.29) is 43.3 Å². The van der Waals surface area contributed by atoms with E-state index < -0.39 is 6.03 Å². The lowest BCUT2D eigenvalue weighted by atomic mass is 9.97. The predicted molar refractivity (Wildman–Crippen MR) is 123 cm³/mol. The molecule has 1 aromatic rings. The van der Waals surface area contributed by atoms with Crippen molar-refractivity contribution < 1.29 is 19.1 Å². The fourth-order valence-corrected chi connectivity index (χ4v) is 5.49. The van der Waals surface area contributed by atoms with Gasteiger partial charge >= 0.3 is 12.1 Å². The van der Waals surface area contributed by atoms with Crippen LogP contribution in [-0.2, 0) is 21.3 Å². The number of carbonyl (C=O) groups excluding carboxylic acids is 3. The van der Waals surface area contributed by atoms with Crippen molar-refractivity contribution in [2.45, 2.75) is 43.8 Å². The van der Waals surface area contributed by atoms with Gasteiger partial charge in [-0.05, 0) is 55.7 Å². The van der Waals surface area contributed by atoms with Crippen molar-refractivity contribution in [3.8, 4) is 0 Å². The van der Waals surface area contributed by atoms with Crippen molar-refractivity contribution in [1.29, 1.82) is 0 Å². The molecule has 2 N–H and O–H groups in total. The molecule has 0 spiro atoms. The van der Waals surface area contributed by atoms with E-state index in [4.69, 9.17) is 28.1 Å². The van der Waals surface area contributed by atoms with E-state index in [0.29, 0.717) is 31.1 Å².